The summed E-state index contributed by atoms with van der Waals surface area (Å²) >= 11 is 6.36. The standard InChI is InChI=1S/C31H22ClF2N3O3/c32-19-3-1-2-18(12-19)25-15-28(38)37-29(31(25)24-10-6-21(34)14-26(24)36-30(31)39)23-13-20(33)7-11-27(23)40-22-8-4-17(16-35)5-9-22/h1,3-14,18,25,29H,2,15H2,(H,36,39)(H,37,38)/t18?,25-,29+,31-/m0/s1. The van der Waals surface area contributed by atoms with Crippen molar-refractivity contribution < 1.29 is 23.1 Å². The molecule has 1 aliphatic carbocycles. The molecule has 1 saturated heterocycles. The van der Waals surface area contributed by atoms with Gasteiger partial charge < -0.3 is 15.4 Å². The summed E-state index contributed by atoms with van der Waals surface area (Å²) in [5, 5.41) is 15.4. The Morgan fingerprint density at radius 1 is 1.02 bits per heavy atom. The predicted molar refractivity (Wildman–Crippen MR) is 145 cm³/mol. The number of benzene rings is 3. The average Bonchev–Trinajstić information content (AvgIpc) is 3.22. The van der Waals surface area contributed by atoms with Crippen LogP contribution in [0.25, 0.3) is 0 Å². The van der Waals surface area contributed by atoms with Crippen LogP contribution >= 0.6 is 11.6 Å². The lowest BCUT2D eigenvalue weighted by atomic mass is 9.57. The van der Waals surface area contributed by atoms with E-state index >= 15 is 0 Å². The number of rotatable bonds is 4. The number of hydrogen-bond acceptors (Lipinski definition) is 4. The van der Waals surface area contributed by atoms with Crippen LogP contribution in [-0.2, 0) is 15.0 Å². The lowest BCUT2D eigenvalue weighted by Gasteiger charge is -2.48. The van der Waals surface area contributed by atoms with E-state index in [1.807, 2.05) is 18.2 Å². The van der Waals surface area contributed by atoms with E-state index in [0.29, 0.717) is 34.0 Å². The molecule has 2 aliphatic heterocycles. The molecule has 4 atom stereocenters. The smallest absolute Gasteiger partial charge is 0.237 e. The zero-order chi connectivity index (χ0) is 28.0. The van der Waals surface area contributed by atoms with Crippen LogP contribution in [0.15, 0.2) is 83.9 Å². The Balaban J connectivity index is 1.55. The molecule has 3 aromatic rings. The number of nitriles is 1. The average molecular weight is 558 g/mol. The Hall–Kier alpha value is -4.48. The van der Waals surface area contributed by atoms with Crippen LogP contribution in [0.1, 0.15) is 35.6 Å². The number of carbonyl (C=O) groups is 2. The first kappa shape index (κ1) is 25.8. The Labute approximate surface area is 233 Å². The summed E-state index contributed by atoms with van der Waals surface area (Å²) in [6.07, 6.45) is 6.02. The van der Waals surface area contributed by atoms with Gasteiger partial charge in [-0.1, -0.05) is 29.8 Å². The molecule has 2 N–H and O–H groups in total. The second-order valence-corrected chi connectivity index (χ2v) is 10.5. The van der Waals surface area contributed by atoms with Crippen molar-refractivity contribution in [3.63, 3.8) is 0 Å². The summed E-state index contributed by atoms with van der Waals surface area (Å²) in [5.74, 6) is -2.17. The Bertz CT molecular complexity index is 1650. The molecular formula is C31H22ClF2N3O3. The third-order valence-corrected chi connectivity index (χ3v) is 8.12. The molecule has 3 aliphatic rings. The maximum absolute atomic E-state index is 14.9. The van der Waals surface area contributed by atoms with Crippen LogP contribution in [0.5, 0.6) is 11.5 Å². The van der Waals surface area contributed by atoms with Crippen LogP contribution < -0.4 is 15.4 Å². The van der Waals surface area contributed by atoms with Crippen molar-refractivity contribution >= 4 is 29.1 Å². The Morgan fingerprint density at radius 3 is 2.52 bits per heavy atom. The molecule has 0 radical (unpaired) electrons. The van der Waals surface area contributed by atoms with Crippen molar-refractivity contribution in [3.05, 3.63) is 112 Å². The van der Waals surface area contributed by atoms with Gasteiger partial charge in [-0.15, -0.1) is 0 Å². The van der Waals surface area contributed by atoms with Gasteiger partial charge in [0, 0.05) is 22.7 Å². The summed E-state index contributed by atoms with van der Waals surface area (Å²) in [4.78, 5) is 27.4. The van der Waals surface area contributed by atoms with Gasteiger partial charge in [-0.05, 0) is 84.5 Å². The zero-order valence-corrected chi connectivity index (χ0v) is 21.7. The van der Waals surface area contributed by atoms with Crippen LogP contribution in [0.2, 0.25) is 0 Å². The number of halogens is 3. The molecule has 9 heteroatoms. The molecule has 2 amide bonds. The van der Waals surface area contributed by atoms with Crippen LogP contribution in [-0.4, -0.2) is 11.8 Å². The van der Waals surface area contributed by atoms with Gasteiger partial charge in [0.25, 0.3) is 0 Å². The maximum atomic E-state index is 14.9. The van der Waals surface area contributed by atoms with E-state index in [2.05, 4.69) is 10.6 Å². The molecule has 1 spiro atoms. The topological polar surface area (TPSA) is 91.2 Å². The molecule has 2 heterocycles. The van der Waals surface area contributed by atoms with Crippen molar-refractivity contribution in [2.24, 2.45) is 11.8 Å². The molecular weight excluding hydrogens is 536 g/mol. The number of fused-ring (bicyclic) bond motifs is 2. The van der Waals surface area contributed by atoms with Crippen molar-refractivity contribution in [3.8, 4) is 17.6 Å². The van der Waals surface area contributed by atoms with Gasteiger partial charge in [-0.2, -0.15) is 5.26 Å². The van der Waals surface area contributed by atoms with E-state index < -0.39 is 34.9 Å². The summed E-state index contributed by atoms with van der Waals surface area (Å²) < 4.78 is 35.3. The number of allylic oxidation sites excluding steroid dienone is 4. The van der Waals surface area contributed by atoms with Crippen LogP contribution in [0, 0.1) is 34.8 Å². The number of carbonyl (C=O) groups excluding carboxylic acids is 2. The second-order valence-electron chi connectivity index (χ2n) is 10.1. The Kier molecular flexibility index (Phi) is 6.40. The van der Waals surface area contributed by atoms with E-state index in [1.165, 1.54) is 30.3 Å². The fraction of sp³-hybridized carbons (Fsp3) is 0.194. The molecule has 200 valence electrons. The van der Waals surface area contributed by atoms with Gasteiger partial charge >= 0.3 is 0 Å². The number of nitrogens with zero attached hydrogens (tertiary/aromatic N) is 1. The first-order valence-corrected chi connectivity index (χ1v) is 13.1. The minimum atomic E-state index is -1.43. The molecule has 1 fully saturated rings. The summed E-state index contributed by atoms with van der Waals surface area (Å²) in [7, 11) is 0. The molecule has 1 unspecified atom stereocenters. The summed E-state index contributed by atoms with van der Waals surface area (Å²) in [6, 6.07) is 15.3. The van der Waals surface area contributed by atoms with Gasteiger partial charge in [0.1, 0.15) is 28.5 Å². The summed E-state index contributed by atoms with van der Waals surface area (Å²) in [6.45, 7) is 0. The van der Waals surface area contributed by atoms with Crippen molar-refractivity contribution in [1.29, 1.82) is 5.26 Å². The van der Waals surface area contributed by atoms with E-state index in [0.717, 1.165) is 0 Å². The van der Waals surface area contributed by atoms with Gasteiger partial charge in [0.2, 0.25) is 11.8 Å². The zero-order valence-electron chi connectivity index (χ0n) is 21.0. The quantitative estimate of drug-likeness (QED) is 0.388. The highest BCUT2D eigenvalue weighted by molar-refractivity contribution is 6.31. The van der Waals surface area contributed by atoms with Crippen LogP contribution in [0.3, 0.4) is 0 Å². The van der Waals surface area contributed by atoms with E-state index in [9.17, 15) is 18.4 Å². The fourth-order valence-electron chi connectivity index (χ4n) is 6.21. The molecule has 40 heavy (non-hydrogen) atoms. The number of piperidine rings is 1. The largest absolute Gasteiger partial charge is 0.457 e. The van der Waals surface area contributed by atoms with E-state index in [4.69, 9.17) is 21.6 Å². The molecule has 3 aromatic carbocycles. The highest BCUT2D eigenvalue weighted by Crippen LogP contribution is 2.58. The van der Waals surface area contributed by atoms with Gasteiger partial charge in [0.15, 0.2) is 0 Å². The molecule has 6 nitrogen and oxygen atoms in total. The van der Waals surface area contributed by atoms with Crippen LogP contribution in [0.4, 0.5) is 14.5 Å². The first-order valence-electron chi connectivity index (χ1n) is 12.7. The van der Waals surface area contributed by atoms with Gasteiger partial charge in [-0.3, -0.25) is 9.59 Å². The third-order valence-electron chi connectivity index (χ3n) is 7.87. The lowest BCUT2D eigenvalue weighted by Crippen LogP contribution is -2.59. The SMILES string of the molecule is N#Cc1ccc(Oc2ccc(F)cc2[C@H]2NC(=O)C[C@@H](C3C=C(Cl)C=CC3)[C@]23C(=O)Nc2cc(F)ccc23)cc1. The second kappa shape index (κ2) is 9.92. The van der Waals surface area contributed by atoms with Gasteiger partial charge in [-0.25, -0.2) is 8.78 Å². The maximum Gasteiger partial charge on any atom is 0.237 e. The molecule has 0 aromatic heterocycles. The molecule has 0 bridgehead atoms. The molecule has 6 rings (SSSR count). The highest BCUT2D eigenvalue weighted by atomic mass is 35.5. The number of nitrogens with one attached hydrogen (secondary N) is 2. The predicted octanol–water partition coefficient (Wildman–Crippen LogP) is 6.39. The number of anilines is 1. The number of amides is 2. The normalized spacial score (nSPS) is 25.1. The summed E-state index contributed by atoms with van der Waals surface area (Å²) in [5.41, 5.74) is 0.0470. The lowest BCUT2D eigenvalue weighted by molar-refractivity contribution is -0.135. The van der Waals surface area contributed by atoms with E-state index in [-0.39, 0.29) is 29.6 Å². The minimum Gasteiger partial charge on any atom is -0.457 e. The third kappa shape index (κ3) is 4.23. The van der Waals surface area contributed by atoms with E-state index in [1.54, 1.807) is 36.4 Å². The number of ether oxygens (including phenoxy) is 1. The first-order chi connectivity index (χ1) is 19.3. The number of hydrogen-bond donors (Lipinski definition) is 2. The van der Waals surface area contributed by atoms with Crippen molar-refractivity contribution in [2.45, 2.75) is 24.3 Å². The Morgan fingerprint density at radius 2 is 1.77 bits per heavy atom. The van der Waals surface area contributed by atoms with Crippen molar-refractivity contribution in [2.75, 3.05) is 5.32 Å². The van der Waals surface area contributed by atoms with Crippen molar-refractivity contribution in [1.82, 2.24) is 5.32 Å². The highest BCUT2D eigenvalue weighted by Gasteiger charge is 2.62. The minimum absolute atomic E-state index is 0.00103. The van der Waals surface area contributed by atoms with Gasteiger partial charge in [0.05, 0.1) is 17.7 Å². The monoisotopic (exact) mass is 557 g/mol. The molecule has 0 saturated carbocycles. The fourth-order valence-corrected chi connectivity index (χ4v) is 6.46.